The lowest BCUT2D eigenvalue weighted by atomic mass is 10.1. The van der Waals surface area contributed by atoms with E-state index in [1.54, 1.807) is 5.38 Å². The van der Waals surface area contributed by atoms with Crippen molar-refractivity contribution in [1.29, 1.82) is 0 Å². The van der Waals surface area contributed by atoms with Crippen LogP contribution in [-0.4, -0.2) is 14.8 Å². The highest BCUT2D eigenvalue weighted by atomic mass is 32.1. The molecule has 0 bridgehead atoms. The normalized spacial score (nSPS) is 10.1. The average molecular weight is 250 g/mol. The fraction of sp³-hybridized carbons (Fsp3) is 0. The molecule has 17 heavy (non-hydrogen) atoms. The van der Waals surface area contributed by atoms with Crippen LogP contribution in [0.2, 0.25) is 0 Å². The first-order valence-electron chi connectivity index (χ1n) is 4.34. The molecular weight excluding hydrogens is 246 g/mol. The van der Waals surface area contributed by atoms with E-state index in [-0.39, 0.29) is 16.9 Å². The van der Waals surface area contributed by atoms with Gasteiger partial charge in [0.25, 0.3) is 11.4 Å². The molecule has 0 aliphatic rings. The fourth-order valence-electron chi connectivity index (χ4n) is 1.28. The standard InChI is InChI=1S/C9H4N3O4S/c13-11(14)6-1-2-7(8(5-6)12(15)16)9-10-3-4-17-9/h1-2,4-5H. The minimum atomic E-state index is -0.676. The molecule has 7 nitrogen and oxygen atoms in total. The van der Waals surface area contributed by atoms with Gasteiger partial charge in [-0.1, -0.05) is 0 Å². The number of nitro groups is 2. The predicted molar refractivity (Wildman–Crippen MR) is 59.7 cm³/mol. The largest absolute Gasteiger partial charge is 0.286 e. The van der Waals surface area contributed by atoms with Crippen LogP contribution in [0.4, 0.5) is 11.4 Å². The van der Waals surface area contributed by atoms with Gasteiger partial charge >= 0.3 is 0 Å². The summed E-state index contributed by atoms with van der Waals surface area (Å²) in [7, 11) is 0. The van der Waals surface area contributed by atoms with Gasteiger partial charge in [-0.3, -0.25) is 20.2 Å². The maximum atomic E-state index is 10.8. The van der Waals surface area contributed by atoms with E-state index in [1.165, 1.54) is 23.5 Å². The van der Waals surface area contributed by atoms with E-state index in [2.05, 4.69) is 11.2 Å². The molecule has 2 rings (SSSR count). The number of nitro benzene ring substituents is 2. The van der Waals surface area contributed by atoms with Gasteiger partial charge in [0.15, 0.2) is 0 Å². The Labute approximate surface area is 98.7 Å². The molecule has 0 N–H and O–H groups in total. The third kappa shape index (κ3) is 2.11. The fourth-order valence-corrected chi connectivity index (χ4v) is 1.90. The number of non-ortho nitro benzene ring substituents is 1. The van der Waals surface area contributed by atoms with Gasteiger partial charge in [0, 0.05) is 11.4 Å². The second-order valence-electron chi connectivity index (χ2n) is 3.00. The molecule has 0 aliphatic heterocycles. The summed E-state index contributed by atoms with van der Waals surface area (Å²) in [5.74, 6) is 0. The second-order valence-corrected chi connectivity index (χ2v) is 3.86. The Morgan fingerprint density at radius 2 is 2.00 bits per heavy atom. The van der Waals surface area contributed by atoms with E-state index in [0.717, 1.165) is 6.07 Å². The van der Waals surface area contributed by atoms with Gasteiger partial charge in [-0.15, -0.1) is 11.3 Å². The summed E-state index contributed by atoms with van der Waals surface area (Å²) in [4.78, 5) is 23.9. The number of benzene rings is 1. The highest BCUT2D eigenvalue weighted by molar-refractivity contribution is 7.13. The lowest BCUT2D eigenvalue weighted by Crippen LogP contribution is -1.95. The first-order chi connectivity index (χ1) is 8.09. The summed E-state index contributed by atoms with van der Waals surface area (Å²) in [5.41, 5.74) is -0.393. The molecule has 1 aromatic heterocycles. The molecule has 1 radical (unpaired) electrons. The number of thiazole rings is 1. The molecule has 0 atom stereocenters. The zero-order chi connectivity index (χ0) is 12.4. The molecule has 1 heterocycles. The molecule has 0 saturated carbocycles. The predicted octanol–water partition coefficient (Wildman–Crippen LogP) is 2.43. The van der Waals surface area contributed by atoms with Crippen molar-refractivity contribution in [2.75, 3.05) is 0 Å². The van der Waals surface area contributed by atoms with E-state index in [1.807, 2.05) is 0 Å². The minimum absolute atomic E-state index is 0.256. The third-order valence-electron chi connectivity index (χ3n) is 2.01. The number of hydrogen-bond donors (Lipinski definition) is 0. The highest BCUT2D eigenvalue weighted by Crippen LogP contribution is 2.33. The molecule has 1 aromatic carbocycles. The van der Waals surface area contributed by atoms with Gasteiger partial charge in [-0.2, -0.15) is 0 Å². The Morgan fingerprint density at radius 1 is 1.24 bits per heavy atom. The van der Waals surface area contributed by atoms with Crippen molar-refractivity contribution < 1.29 is 9.85 Å². The topological polar surface area (TPSA) is 99.2 Å². The monoisotopic (exact) mass is 250 g/mol. The molecule has 0 spiro atoms. The van der Waals surface area contributed by atoms with Crippen LogP contribution >= 0.6 is 11.3 Å². The van der Waals surface area contributed by atoms with Crippen LogP contribution in [-0.2, 0) is 0 Å². The van der Waals surface area contributed by atoms with Crippen LogP contribution in [0.1, 0.15) is 0 Å². The summed E-state index contributed by atoms with van der Waals surface area (Å²) in [5, 5.41) is 23.3. The van der Waals surface area contributed by atoms with E-state index in [4.69, 9.17) is 0 Å². The number of nitrogens with zero attached hydrogens (tertiary/aromatic N) is 3. The third-order valence-corrected chi connectivity index (χ3v) is 2.77. The quantitative estimate of drug-likeness (QED) is 0.615. The van der Waals surface area contributed by atoms with Gasteiger partial charge in [0.1, 0.15) is 11.2 Å². The van der Waals surface area contributed by atoms with Gasteiger partial charge in [0.2, 0.25) is 0 Å². The smallest absolute Gasteiger partial charge is 0.258 e. The number of rotatable bonds is 3. The van der Waals surface area contributed by atoms with Crippen molar-refractivity contribution in [2.45, 2.75) is 0 Å². The van der Waals surface area contributed by atoms with E-state index in [0.29, 0.717) is 5.01 Å². The number of aromatic nitrogens is 1. The summed E-state index contributed by atoms with van der Waals surface area (Å²) < 4.78 is 0. The van der Waals surface area contributed by atoms with Gasteiger partial charge in [-0.25, -0.2) is 4.98 Å². The maximum absolute atomic E-state index is 10.8. The van der Waals surface area contributed by atoms with Crippen LogP contribution < -0.4 is 0 Å². The summed E-state index contributed by atoms with van der Waals surface area (Å²) in [6.45, 7) is 0. The maximum Gasteiger partial charge on any atom is 0.286 e. The molecule has 0 unspecified atom stereocenters. The van der Waals surface area contributed by atoms with Crippen LogP contribution in [0.5, 0.6) is 0 Å². The van der Waals surface area contributed by atoms with E-state index in [9.17, 15) is 20.2 Å². The van der Waals surface area contributed by atoms with Crippen molar-refractivity contribution in [3.63, 3.8) is 0 Å². The molecule has 8 heteroatoms. The SMILES string of the molecule is O=[N+]([O-])c1ccc(-c2n[c]cs2)c([N+](=O)[O-])c1. The zero-order valence-corrected chi connectivity index (χ0v) is 9.01. The van der Waals surface area contributed by atoms with Crippen molar-refractivity contribution >= 4 is 22.7 Å². The summed E-state index contributed by atoms with van der Waals surface area (Å²) in [6, 6.07) is 3.46. The van der Waals surface area contributed by atoms with Crippen molar-refractivity contribution in [2.24, 2.45) is 0 Å². The van der Waals surface area contributed by atoms with Crippen LogP contribution in [0, 0.1) is 26.4 Å². The Morgan fingerprint density at radius 3 is 2.53 bits per heavy atom. The molecular formula is C9H4N3O4S. The highest BCUT2D eigenvalue weighted by Gasteiger charge is 2.21. The van der Waals surface area contributed by atoms with Crippen LogP contribution in [0.25, 0.3) is 10.6 Å². The summed E-state index contributed by atoms with van der Waals surface area (Å²) in [6.07, 6.45) is 2.54. The zero-order valence-electron chi connectivity index (χ0n) is 8.19. The van der Waals surface area contributed by atoms with E-state index >= 15 is 0 Å². The lowest BCUT2D eigenvalue weighted by molar-refractivity contribution is -0.393. The van der Waals surface area contributed by atoms with Crippen molar-refractivity contribution in [1.82, 2.24) is 4.98 Å². The van der Waals surface area contributed by atoms with E-state index < -0.39 is 9.85 Å². The Balaban J connectivity index is 2.61. The van der Waals surface area contributed by atoms with Crippen LogP contribution in [0.3, 0.4) is 0 Å². The minimum Gasteiger partial charge on any atom is -0.258 e. The molecule has 2 aromatic rings. The Bertz CT molecular complexity index is 582. The first-order valence-corrected chi connectivity index (χ1v) is 5.22. The molecule has 0 aliphatic carbocycles. The second kappa shape index (κ2) is 4.26. The van der Waals surface area contributed by atoms with Crippen LogP contribution in [0.15, 0.2) is 23.6 Å². The molecule has 85 valence electrons. The average Bonchev–Trinajstić information content (AvgIpc) is 2.81. The van der Waals surface area contributed by atoms with Crippen molar-refractivity contribution in [3.05, 3.63) is 50.0 Å². The molecule has 0 amide bonds. The Kier molecular flexibility index (Phi) is 2.79. The molecule has 0 fully saturated rings. The summed E-state index contributed by atoms with van der Waals surface area (Å²) >= 11 is 1.18. The van der Waals surface area contributed by atoms with Gasteiger partial charge < -0.3 is 0 Å². The van der Waals surface area contributed by atoms with Gasteiger partial charge in [-0.05, 0) is 6.07 Å². The first kappa shape index (κ1) is 11.1. The number of hydrogen-bond acceptors (Lipinski definition) is 6. The lowest BCUT2D eigenvalue weighted by Gasteiger charge is -1.99. The molecule has 0 saturated heterocycles. The van der Waals surface area contributed by atoms with Crippen molar-refractivity contribution in [3.8, 4) is 10.6 Å². The van der Waals surface area contributed by atoms with Gasteiger partial charge in [0.05, 0.1) is 21.5 Å². The Hall–Kier alpha value is -2.35.